The molecule has 0 aliphatic carbocycles. The molecule has 21 heteroatoms. The topological polar surface area (TPSA) is 329 Å². The van der Waals surface area contributed by atoms with Crippen LogP contribution in [0.15, 0.2) is 48.0 Å². The van der Waals surface area contributed by atoms with Gasteiger partial charge in [0.2, 0.25) is 35.4 Å². The SMILES string of the molecule is CC[C@H](C)[C@H](NC(=O)[C@@H](N)Cc1cnc[nH]1)C(=O)N[C@@H](Cc1c[nH]c2ccccc12)C(=O)N[C@@H](CCCN=C(N)N)C(=O)N1CCC[C@H]1C(=O)N[C@@H](C)C(=O)N1CCC[C@H]1C(=O)O. The second-order valence-electron chi connectivity index (χ2n) is 16.3. The van der Waals surface area contributed by atoms with Crippen LogP contribution >= 0.6 is 0 Å². The van der Waals surface area contributed by atoms with E-state index in [0.29, 0.717) is 36.9 Å². The number of benzene rings is 1. The number of guanidine groups is 1. The molecule has 0 unspecified atom stereocenters. The number of fused-ring (bicyclic) bond motifs is 1. The Kier molecular flexibility index (Phi) is 16.6. The molecule has 2 fully saturated rings. The molecule has 5 rings (SSSR count). The Morgan fingerprint density at radius 3 is 2.22 bits per heavy atom. The van der Waals surface area contributed by atoms with Crippen LogP contribution in [0, 0.1) is 5.92 Å². The molecular formula is C42H61N13O8. The van der Waals surface area contributed by atoms with Crippen molar-refractivity contribution in [1.29, 1.82) is 0 Å². The first-order valence-corrected chi connectivity index (χ1v) is 21.5. The van der Waals surface area contributed by atoms with E-state index in [9.17, 15) is 38.7 Å². The number of carboxylic acids is 1. The number of H-pyrrole nitrogens is 2. The lowest BCUT2D eigenvalue weighted by Gasteiger charge is -2.31. The Balaban J connectivity index is 1.37. The number of aliphatic imine (C=N–C) groups is 1. The van der Waals surface area contributed by atoms with E-state index in [1.165, 1.54) is 23.1 Å². The van der Waals surface area contributed by atoms with Gasteiger partial charge >= 0.3 is 5.97 Å². The first-order chi connectivity index (χ1) is 30.1. The van der Waals surface area contributed by atoms with Crippen LogP contribution in [0.1, 0.15) is 77.0 Å². The third kappa shape index (κ3) is 12.3. The van der Waals surface area contributed by atoms with E-state index in [1.807, 2.05) is 31.2 Å². The van der Waals surface area contributed by atoms with E-state index in [-0.39, 0.29) is 63.6 Å². The molecule has 63 heavy (non-hydrogen) atoms. The van der Waals surface area contributed by atoms with Gasteiger partial charge in [-0.2, -0.15) is 0 Å². The van der Waals surface area contributed by atoms with Crippen LogP contribution in [0.5, 0.6) is 0 Å². The van der Waals surface area contributed by atoms with Crippen molar-refractivity contribution in [3.05, 3.63) is 54.2 Å². The van der Waals surface area contributed by atoms with E-state index in [0.717, 1.165) is 10.9 Å². The highest BCUT2D eigenvalue weighted by Crippen LogP contribution is 2.23. The van der Waals surface area contributed by atoms with Gasteiger partial charge in [-0.3, -0.25) is 33.8 Å². The number of para-hydroxylation sites is 1. The van der Waals surface area contributed by atoms with Crippen LogP contribution in [0.3, 0.4) is 0 Å². The molecule has 2 aromatic heterocycles. The van der Waals surface area contributed by atoms with Gasteiger partial charge in [-0.05, 0) is 63.0 Å². The van der Waals surface area contributed by atoms with Crippen molar-refractivity contribution in [2.45, 2.75) is 121 Å². The average Bonchev–Trinajstić information content (AvgIpc) is 4.11. The van der Waals surface area contributed by atoms with Crippen LogP contribution in [-0.2, 0) is 46.4 Å². The van der Waals surface area contributed by atoms with Gasteiger partial charge in [-0.15, -0.1) is 0 Å². The number of hydrogen-bond acceptors (Lipinski definition) is 10. The average molecular weight is 876 g/mol. The maximum atomic E-state index is 14.6. The van der Waals surface area contributed by atoms with E-state index >= 15 is 0 Å². The lowest BCUT2D eigenvalue weighted by Crippen LogP contribution is -2.60. The van der Waals surface area contributed by atoms with Gasteiger partial charge in [-0.25, -0.2) is 9.78 Å². The molecule has 2 aliphatic heterocycles. The fourth-order valence-electron chi connectivity index (χ4n) is 8.12. The first-order valence-electron chi connectivity index (χ1n) is 21.5. The molecule has 0 saturated carbocycles. The Labute approximate surface area is 365 Å². The number of nitrogens with one attached hydrogen (secondary N) is 6. The van der Waals surface area contributed by atoms with Crippen molar-refractivity contribution < 1.29 is 38.7 Å². The van der Waals surface area contributed by atoms with Gasteiger partial charge in [-0.1, -0.05) is 38.5 Å². The molecule has 13 N–H and O–H groups in total. The first kappa shape index (κ1) is 47.5. The number of carbonyl (C=O) groups excluding carboxylic acids is 6. The number of nitrogens with two attached hydrogens (primary N) is 3. The van der Waals surface area contributed by atoms with E-state index < -0.39 is 83.7 Å². The zero-order chi connectivity index (χ0) is 45.8. The maximum absolute atomic E-state index is 14.6. The molecule has 0 radical (unpaired) electrons. The predicted molar refractivity (Wildman–Crippen MR) is 232 cm³/mol. The van der Waals surface area contributed by atoms with Gasteiger partial charge in [0.15, 0.2) is 5.96 Å². The number of rotatable bonds is 21. The van der Waals surface area contributed by atoms with Crippen LogP contribution in [0.4, 0.5) is 0 Å². The number of aromatic amines is 2. The standard InChI is InChI=1S/C42H61N13O8/c1-4-23(2)34(53-35(56)28(43)19-26-21-46-22-49-26)38(59)52-31(18-25-20-48-29-11-6-5-10-27(25)29)36(57)51-30(12-7-15-47-42(44)45)40(61)54-16-8-13-32(54)37(58)50-24(3)39(60)55-17-9-14-33(55)41(62)63/h5-6,10-11,20-24,28,30-34,48H,4,7-9,12-19,43H2,1-3H3,(H,46,49)(H,50,58)(H,51,57)(H,52,59)(H,53,56)(H,62,63)(H4,44,45,47)/t23-,24-,28-,30-,31-,32-,33-,34-/m0/s1. The second kappa shape index (κ2) is 22.0. The molecule has 4 heterocycles. The number of imidazole rings is 1. The monoisotopic (exact) mass is 875 g/mol. The van der Waals surface area contributed by atoms with Crippen LogP contribution < -0.4 is 38.5 Å². The molecule has 6 amide bonds. The lowest BCUT2D eigenvalue weighted by molar-refractivity contribution is -0.149. The number of aromatic nitrogens is 3. The number of nitrogens with zero attached hydrogens (tertiary/aromatic N) is 4. The minimum atomic E-state index is -1.25. The minimum absolute atomic E-state index is 0.00256. The van der Waals surface area contributed by atoms with Crippen LogP contribution in [0.2, 0.25) is 0 Å². The van der Waals surface area contributed by atoms with E-state index in [4.69, 9.17) is 17.2 Å². The van der Waals surface area contributed by atoms with Crippen molar-refractivity contribution in [2.75, 3.05) is 19.6 Å². The highest BCUT2D eigenvalue weighted by molar-refractivity contribution is 5.98. The number of carboxylic acid groups (broad SMARTS) is 1. The quantitative estimate of drug-likeness (QED) is 0.0355. The summed E-state index contributed by atoms with van der Waals surface area (Å²) in [4.78, 5) is 112. The van der Waals surface area contributed by atoms with Crippen LogP contribution in [0.25, 0.3) is 10.9 Å². The molecular weight excluding hydrogens is 815 g/mol. The summed E-state index contributed by atoms with van der Waals surface area (Å²) in [6.45, 7) is 5.70. The van der Waals surface area contributed by atoms with Gasteiger partial charge in [0, 0.05) is 61.5 Å². The van der Waals surface area contributed by atoms with E-state index in [1.54, 1.807) is 19.3 Å². The third-order valence-electron chi connectivity index (χ3n) is 11.8. The summed E-state index contributed by atoms with van der Waals surface area (Å²) < 4.78 is 0. The van der Waals surface area contributed by atoms with Crippen molar-refractivity contribution in [3.63, 3.8) is 0 Å². The highest BCUT2D eigenvalue weighted by atomic mass is 16.4. The summed E-state index contributed by atoms with van der Waals surface area (Å²) in [5, 5.41) is 21.6. The Morgan fingerprint density at radius 2 is 1.56 bits per heavy atom. The fraction of sp³-hybridized carbons (Fsp3) is 0.548. The molecule has 21 nitrogen and oxygen atoms in total. The Bertz CT molecular complexity index is 2120. The van der Waals surface area contributed by atoms with Crippen molar-refractivity contribution in [1.82, 2.24) is 46.0 Å². The summed E-state index contributed by atoms with van der Waals surface area (Å²) in [6.07, 6.45) is 7.29. The predicted octanol–water partition coefficient (Wildman–Crippen LogP) is -0.871. The largest absolute Gasteiger partial charge is 0.480 e. The zero-order valence-electron chi connectivity index (χ0n) is 36.0. The molecule has 0 bridgehead atoms. The molecule has 0 spiro atoms. The second-order valence-corrected chi connectivity index (χ2v) is 16.3. The van der Waals surface area contributed by atoms with Crippen molar-refractivity contribution >= 4 is 58.3 Å². The maximum Gasteiger partial charge on any atom is 0.326 e. The molecule has 1 aromatic carbocycles. The Hall–Kier alpha value is -6.51. The Morgan fingerprint density at radius 1 is 0.873 bits per heavy atom. The molecule has 3 aromatic rings. The van der Waals surface area contributed by atoms with Crippen molar-refractivity contribution in [3.8, 4) is 0 Å². The minimum Gasteiger partial charge on any atom is -0.480 e. The highest BCUT2D eigenvalue weighted by Gasteiger charge is 2.41. The number of aliphatic carboxylic acids is 1. The summed E-state index contributed by atoms with van der Waals surface area (Å²) in [5.74, 6) is -5.25. The molecule has 8 atom stereocenters. The molecule has 2 aliphatic rings. The lowest BCUT2D eigenvalue weighted by atomic mass is 9.96. The summed E-state index contributed by atoms with van der Waals surface area (Å²) in [7, 11) is 0. The molecule has 342 valence electrons. The van der Waals surface area contributed by atoms with Gasteiger partial charge in [0.25, 0.3) is 0 Å². The summed E-state index contributed by atoms with van der Waals surface area (Å²) >= 11 is 0. The van der Waals surface area contributed by atoms with E-state index in [2.05, 4.69) is 41.2 Å². The summed E-state index contributed by atoms with van der Waals surface area (Å²) in [5.41, 5.74) is 19.5. The third-order valence-corrected chi connectivity index (χ3v) is 11.8. The number of likely N-dealkylation sites (tertiary alicyclic amines) is 2. The van der Waals surface area contributed by atoms with Gasteiger partial charge in [0.1, 0.15) is 36.3 Å². The number of carbonyl (C=O) groups is 7. The number of hydrogen-bond donors (Lipinski definition) is 10. The smallest absolute Gasteiger partial charge is 0.326 e. The summed E-state index contributed by atoms with van der Waals surface area (Å²) in [6, 6.07) is -0.115. The zero-order valence-corrected chi connectivity index (χ0v) is 36.0. The van der Waals surface area contributed by atoms with Gasteiger partial charge in [0.05, 0.1) is 12.4 Å². The molecule has 2 saturated heterocycles. The number of amides is 6. The normalized spacial score (nSPS) is 19.0. The van der Waals surface area contributed by atoms with Crippen LogP contribution in [-0.4, -0.2) is 139 Å². The van der Waals surface area contributed by atoms with Crippen molar-refractivity contribution in [2.24, 2.45) is 28.1 Å². The van der Waals surface area contributed by atoms with Gasteiger partial charge < -0.3 is 63.3 Å². The fourth-order valence-corrected chi connectivity index (χ4v) is 8.12.